The molecule has 0 spiro atoms. The van der Waals surface area contributed by atoms with Gasteiger partial charge in [0.15, 0.2) is 0 Å². The molecular formula is C15H16FNO2. The zero-order valence-electron chi connectivity index (χ0n) is 11.2. The summed E-state index contributed by atoms with van der Waals surface area (Å²) in [6, 6.07) is 9.70. The number of carbonyl (C=O) groups excluding carboxylic acids is 1. The summed E-state index contributed by atoms with van der Waals surface area (Å²) in [5.41, 5.74) is 0.263. The number of ether oxygens (including phenoxy) is 1. The Labute approximate surface area is 111 Å². The van der Waals surface area contributed by atoms with Gasteiger partial charge in [-0.15, -0.1) is 0 Å². The van der Waals surface area contributed by atoms with Crippen LogP contribution in [0.25, 0.3) is 11.3 Å². The summed E-state index contributed by atoms with van der Waals surface area (Å²) in [7, 11) is 0. The molecule has 0 saturated carbocycles. The fraction of sp³-hybridized carbons (Fsp3) is 0.267. The maximum absolute atomic E-state index is 13.8. The Morgan fingerprint density at radius 3 is 2.47 bits per heavy atom. The molecule has 0 fully saturated rings. The molecule has 0 N–H and O–H groups in total. The lowest BCUT2D eigenvalue weighted by Gasteiger charge is -2.20. The van der Waals surface area contributed by atoms with Crippen molar-refractivity contribution in [2.45, 2.75) is 26.4 Å². The third-order valence-corrected chi connectivity index (χ3v) is 2.49. The Morgan fingerprint density at radius 2 is 1.84 bits per heavy atom. The van der Waals surface area contributed by atoms with Crippen molar-refractivity contribution in [3.63, 3.8) is 0 Å². The zero-order valence-corrected chi connectivity index (χ0v) is 11.2. The van der Waals surface area contributed by atoms with Crippen molar-refractivity contribution in [2.75, 3.05) is 0 Å². The van der Waals surface area contributed by atoms with Gasteiger partial charge in [-0.3, -0.25) is 4.57 Å². The summed E-state index contributed by atoms with van der Waals surface area (Å²) >= 11 is 0. The number of aromatic nitrogens is 1. The third-order valence-electron chi connectivity index (χ3n) is 2.49. The van der Waals surface area contributed by atoms with Crippen molar-refractivity contribution in [1.82, 2.24) is 4.57 Å². The van der Waals surface area contributed by atoms with E-state index < -0.39 is 11.7 Å². The predicted molar refractivity (Wildman–Crippen MR) is 71.5 cm³/mol. The van der Waals surface area contributed by atoms with Crippen LogP contribution < -0.4 is 0 Å². The van der Waals surface area contributed by atoms with Crippen LogP contribution in [0.2, 0.25) is 0 Å². The smallest absolute Gasteiger partial charge is 0.418 e. The molecule has 2 rings (SSSR count). The number of nitrogens with zero attached hydrogens (tertiary/aromatic N) is 1. The first-order valence-electron chi connectivity index (χ1n) is 6.04. The van der Waals surface area contributed by atoms with Crippen LogP contribution in [0.1, 0.15) is 20.8 Å². The van der Waals surface area contributed by atoms with Gasteiger partial charge >= 0.3 is 6.09 Å². The summed E-state index contributed by atoms with van der Waals surface area (Å²) in [4.78, 5) is 12.0. The van der Waals surface area contributed by atoms with Gasteiger partial charge in [0.05, 0.1) is 5.69 Å². The monoisotopic (exact) mass is 261 g/mol. The second kappa shape index (κ2) is 4.88. The molecule has 0 amide bonds. The van der Waals surface area contributed by atoms with Crippen LogP contribution in [0.5, 0.6) is 0 Å². The van der Waals surface area contributed by atoms with Crippen LogP contribution in [0, 0.1) is 5.82 Å². The van der Waals surface area contributed by atoms with E-state index in [4.69, 9.17) is 4.74 Å². The topological polar surface area (TPSA) is 31.2 Å². The summed E-state index contributed by atoms with van der Waals surface area (Å²) in [6.07, 6.45) is 1.05. The highest BCUT2D eigenvalue weighted by atomic mass is 19.1. The number of benzene rings is 1. The molecule has 2 aromatic rings. The van der Waals surface area contributed by atoms with Crippen LogP contribution in [-0.4, -0.2) is 16.3 Å². The largest absolute Gasteiger partial charge is 0.443 e. The maximum Gasteiger partial charge on any atom is 0.418 e. The molecule has 4 heteroatoms. The van der Waals surface area contributed by atoms with E-state index in [0.717, 1.165) is 0 Å². The van der Waals surface area contributed by atoms with E-state index in [0.29, 0.717) is 11.3 Å². The maximum atomic E-state index is 13.8. The Hall–Kier alpha value is -2.10. The molecule has 19 heavy (non-hydrogen) atoms. The van der Waals surface area contributed by atoms with Gasteiger partial charge in [-0.05, 0) is 45.0 Å². The molecule has 3 nitrogen and oxygen atoms in total. The van der Waals surface area contributed by atoms with Crippen molar-refractivity contribution in [3.05, 3.63) is 48.4 Å². The molecule has 100 valence electrons. The Morgan fingerprint density at radius 1 is 1.16 bits per heavy atom. The van der Waals surface area contributed by atoms with Crippen molar-refractivity contribution in [3.8, 4) is 11.3 Å². The second-order valence-electron chi connectivity index (χ2n) is 5.22. The molecule has 0 bridgehead atoms. The molecule has 1 aromatic carbocycles. The number of hydrogen-bond donors (Lipinski definition) is 0. The summed E-state index contributed by atoms with van der Waals surface area (Å²) < 4.78 is 20.4. The normalized spacial score (nSPS) is 11.4. The molecule has 0 aliphatic rings. The van der Waals surface area contributed by atoms with Crippen LogP contribution in [0.15, 0.2) is 42.6 Å². The third kappa shape index (κ3) is 3.02. The van der Waals surface area contributed by atoms with E-state index in [2.05, 4.69) is 0 Å². The first-order valence-corrected chi connectivity index (χ1v) is 6.04. The Bertz CT molecular complexity index is 596. The number of hydrogen-bond acceptors (Lipinski definition) is 2. The molecule has 0 aliphatic carbocycles. The average Bonchev–Trinajstić information content (AvgIpc) is 2.76. The molecule has 0 atom stereocenters. The zero-order chi connectivity index (χ0) is 14.0. The first-order chi connectivity index (χ1) is 8.88. The van der Waals surface area contributed by atoms with Crippen LogP contribution in [0.3, 0.4) is 0 Å². The van der Waals surface area contributed by atoms with Gasteiger partial charge in [-0.25, -0.2) is 9.18 Å². The van der Waals surface area contributed by atoms with E-state index in [9.17, 15) is 9.18 Å². The minimum atomic E-state index is -0.589. The lowest BCUT2D eigenvalue weighted by molar-refractivity contribution is 0.0540. The van der Waals surface area contributed by atoms with Gasteiger partial charge in [0.1, 0.15) is 11.4 Å². The molecular weight excluding hydrogens is 245 g/mol. The fourth-order valence-corrected chi connectivity index (χ4v) is 1.74. The van der Waals surface area contributed by atoms with Crippen molar-refractivity contribution >= 4 is 6.09 Å². The first kappa shape index (κ1) is 13.3. The summed E-state index contributed by atoms with van der Waals surface area (Å²) in [5.74, 6) is -0.369. The van der Waals surface area contributed by atoms with E-state index in [1.807, 2.05) is 0 Å². The molecule has 0 radical (unpaired) electrons. The minimum Gasteiger partial charge on any atom is -0.443 e. The van der Waals surface area contributed by atoms with Gasteiger partial charge in [0.2, 0.25) is 0 Å². The van der Waals surface area contributed by atoms with Gasteiger partial charge in [0, 0.05) is 11.8 Å². The van der Waals surface area contributed by atoms with Crippen LogP contribution in [-0.2, 0) is 4.74 Å². The highest BCUT2D eigenvalue weighted by Gasteiger charge is 2.20. The number of carbonyl (C=O) groups is 1. The molecule has 1 heterocycles. The molecule has 1 aromatic heterocycles. The SMILES string of the molecule is CC(C)(C)OC(=O)n1cccc1-c1ccccc1F. The second-order valence-corrected chi connectivity index (χ2v) is 5.22. The minimum absolute atomic E-state index is 0.369. The average molecular weight is 261 g/mol. The van der Waals surface area contributed by atoms with E-state index >= 15 is 0 Å². The van der Waals surface area contributed by atoms with Gasteiger partial charge in [0.25, 0.3) is 0 Å². The Kier molecular flexibility index (Phi) is 3.42. The number of halogens is 1. The lowest BCUT2D eigenvalue weighted by atomic mass is 10.1. The molecule has 0 saturated heterocycles. The van der Waals surface area contributed by atoms with Crippen LogP contribution in [0.4, 0.5) is 9.18 Å². The van der Waals surface area contributed by atoms with E-state index in [1.54, 1.807) is 57.3 Å². The highest BCUT2D eigenvalue weighted by Crippen LogP contribution is 2.24. The quantitative estimate of drug-likeness (QED) is 0.774. The Balaban J connectivity index is 2.39. The fourth-order valence-electron chi connectivity index (χ4n) is 1.74. The van der Waals surface area contributed by atoms with Gasteiger partial charge < -0.3 is 4.74 Å². The molecule has 0 unspecified atom stereocenters. The van der Waals surface area contributed by atoms with E-state index in [1.165, 1.54) is 10.6 Å². The summed E-state index contributed by atoms with van der Waals surface area (Å²) in [6.45, 7) is 5.37. The lowest BCUT2D eigenvalue weighted by Crippen LogP contribution is -2.27. The van der Waals surface area contributed by atoms with Gasteiger partial charge in [-0.1, -0.05) is 12.1 Å². The predicted octanol–water partition coefficient (Wildman–Crippen LogP) is 4.08. The van der Waals surface area contributed by atoms with E-state index in [-0.39, 0.29) is 5.82 Å². The van der Waals surface area contributed by atoms with Crippen LogP contribution >= 0.6 is 0 Å². The van der Waals surface area contributed by atoms with Crippen molar-refractivity contribution in [1.29, 1.82) is 0 Å². The standard InChI is InChI=1S/C15H16FNO2/c1-15(2,3)19-14(18)17-10-6-9-13(17)11-7-4-5-8-12(11)16/h4-10H,1-3H3. The van der Waals surface area contributed by atoms with Gasteiger partial charge in [-0.2, -0.15) is 0 Å². The van der Waals surface area contributed by atoms with Crippen molar-refractivity contribution < 1.29 is 13.9 Å². The van der Waals surface area contributed by atoms with Crippen molar-refractivity contribution in [2.24, 2.45) is 0 Å². The highest BCUT2D eigenvalue weighted by molar-refractivity contribution is 5.78. The number of rotatable bonds is 1. The summed E-state index contributed by atoms with van der Waals surface area (Å²) in [5, 5.41) is 0. The molecule has 0 aliphatic heterocycles.